The third kappa shape index (κ3) is 3.81. The smallest absolute Gasteiger partial charge is 0.158 e. The molecule has 2 saturated heterocycles. The van der Waals surface area contributed by atoms with Crippen LogP contribution < -0.4 is 0 Å². The summed E-state index contributed by atoms with van der Waals surface area (Å²) in [6.45, 7) is 2.23. The first kappa shape index (κ1) is 17.6. The van der Waals surface area contributed by atoms with Gasteiger partial charge in [-0.2, -0.15) is 5.10 Å². The molecule has 0 unspecified atom stereocenters. The maximum absolute atomic E-state index is 11.9. The van der Waals surface area contributed by atoms with Crippen LogP contribution in [0, 0.1) is 5.92 Å². The quantitative estimate of drug-likeness (QED) is 0.807. The fraction of sp³-hybridized carbons (Fsp3) is 0.611. The van der Waals surface area contributed by atoms with Crippen LogP contribution in [0.25, 0.3) is 11.4 Å². The molecule has 4 rings (SSSR count). The molecule has 7 nitrogen and oxygen atoms in total. The van der Waals surface area contributed by atoms with Crippen molar-refractivity contribution >= 4 is 9.84 Å². The molecular weight excluding hydrogens is 350 g/mol. The largest absolute Gasteiger partial charge is 0.306 e. The number of hydrogen-bond donors (Lipinski definition) is 0. The lowest BCUT2D eigenvalue weighted by atomic mass is 9.94. The van der Waals surface area contributed by atoms with Gasteiger partial charge in [0.05, 0.1) is 17.5 Å². The Kier molecular flexibility index (Phi) is 4.79. The van der Waals surface area contributed by atoms with E-state index in [1.165, 1.54) is 0 Å². The number of pyridine rings is 1. The van der Waals surface area contributed by atoms with E-state index in [1.807, 2.05) is 16.8 Å². The van der Waals surface area contributed by atoms with Crippen molar-refractivity contribution < 1.29 is 8.42 Å². The molecule has 2 aliphatic rings. The van der Waals surface area contributed by atoms with Crippen LogP contribution in [0.5, 0.6) is 0 Å². The lowest BCUT2D eigenvalue weighted by Crippen LogP contribution is -2.31. The molecule has 1 atom stereocenters. The number of aromatic nitrogens is 4. The minimum Gasteiger partial charge on any atom is -0.306 e. The summed E-state index contributed by atoms with van der Waals surface area (Å²) in [6, 6.07) is 3.69. The maximum atomic E-state index is 11.9. The van der Waals surface area contributed by atoms with Gasteiger partial charge in [-0.05, 0) is 57.5 Å². The van der Waals surface area contributed by atoms with Crippen LogP contribution in [0.4, 0.5) is 0 Å². The number of sulfone groups is 1. The highest BCUT2D eigenvalue weighted by Gasteiger charge is 2.32. The van der Waals surface area contributed by atoms with Crippen molar-refractivity contribution in [1.29, 1.82) is 0 Å². The molecule has 0 aromatic carbocycles. The first-order valence-electron chi connectivity index (χ1n) is 9.25. The molecule has 4 heterocycles. The summed E-state index contributed by atoms with van der Waals surface area (Å²) in [5.41, 5.74) is 0.937. The monoisotopic (exact) mass is 375 g/mol. The SMILES string of the molecule is CN1CCC(Cc2nc(-c3ccncc3)n([C@H]3CCS(=O)(=O)C3)n2)CC1. The molecule has 2 aliphatic heterocycles. The van der Waals surface area contributed by atoms with Crippen LogP contribution >= 0.6 is 0 Å². The summed E-state index contributed by atoms with van der Waals surface area (Å²) >= 11 is 0. The summed E-state index contributed by atoms with van der Waals surface area (Å²) in [6.07, 6.45) is 7.25. The molecule has 0 radical (unpaired) electrons. The van der Waals surface area contributed by atoms with Gasteiger partial charge in [0.2, 0.25) is 0 Å². The Labute approximate surface area is 154 Å². The fourth-order valence-corrected chi connectivity index (χ4v) is 5.59. The summed E-state index contributed by atoms with van der Waals surface area (Å²) in [4.78, 5) is 11.2. The van der Waals surface area contributed by atoms with Crippen LogP contribution in [0.1, 0.15) is 31.1 Å². The zero-order valence-corrected chi connectivity index (χ0v) is 15.9. The Hall–Kier alpha value is -1.80. The van der Waals surface area contributed by atoms with E-state index in [9.17, 15) is 8.42 Å². The second-order valence-corrected chi connectivity index (χ2v) is 9.77. The molecule has 2 fully saturated rings. The van der Waals surface area contributed by atoms with E-state index in [4.69, 9.17) is 10.1 Å². The molecule has 2 aromatic heterocycles. The van der Waals surface area contributed by atoms with Gasteiger partial charge in [-0.25, -0.2) is 18.1 Å². The van der Waals surface area contributed by atoms with Crippen molar-refractivity contribution in [2.24, 2.45) is 5.92 Å². The highest BCUT2D eigenvalue weighted by Crippen LogP contribution is 2.29. The third-order valence-corrected chi connectivity index (χ3v) is 7.23. The molecule has 26 heavy (non-hydrogen) atoms. The number of piperidine rings is 1. The van der Waals surface area contributed by atoms with Crippen molar-refractivity contribution in [2.45, 2.75) is 31.7 Å². The van der Waals surface area contributed by atoms with Crippen molar-refractivity contribution in [2.75, 3.05) is 31.6 Å². The van der Waals surface area contributed by atoms with Gasteiger partial charge < -0.3 is 4.90 Å². The fourth-order valence-electron chi connectivity index (χ4n) is 3.90. The number of likely N-dealkylation sites (tertiary alicyclic amines) is 1. The highest BCUT2D eigenvalue weighted by atomic mass is 32.2. The van der Waals surface area contributed by atoms with Gasteiger partial charge in [0.15, 0.2) is 21.5 Å². The predicted octanol–water partition coefficient (Wildman–Crippen LogP) is 1.58. The minimum atomic E-state index is -2.97. The molecule has 0 aliphatic carbocycles. The van der Waals surface area contributed by atoms with E-state index in [-0.39, 0.29) is 17.5 Å². The Morgan fingerprint density at radius 3 is 2.54 bits per heavy atom. The zero-order chi connectivity index (χ0) is 18.1. The number of rotatable bonds is 4. The topological polar surface area (TPSA) is 81.0 Å². The first-order valence-corrected chi connectivity index (χ1v) is 11.1. The van der Waals surface area contributed by atoms with Crippen LogP contribution in [0.2, 0.25) is 0 Å². The van der Waals surface area contributed by atoms with Crippen molar-refractivity contribution in [3.05, 3.63) is 30.4 Å². The van der Waals surface area contributed by atoms with E-state index in [1.54, 1.807) is 12.4 Å². The highest BCUT2D eigenvalue weighted by molar-refractivity contribution is 7.91. The van der Waals surface area contributed by atoms with Crippen LogP contribution in [-0.4, -0.2) is 64.7 Å². The zero-order valence-electron chi connectivity index (χ0n) is 15.1. The molecule has 0 saturated carbocycles. The Morgan fingerprint density at radius 1 is 1.15 bits per heavy atom. The number of hydrogen-bond acceptors (Lipinski definition) is 6. The van der Waals surface area contributed by atoms with E-state index >= 15 is 0 Å². The maximum Gasteiger partial charge on any atom is 0.158 e. The predicted molar refractivity (Wildman–Crippen MR) is 99.5 cm³/mol. The first-order chi connectivity index (χ1) is 12.5. The van der Waals surface area contributed by atoms with Crippen molar-refractivity contribution in [1.82, 2.24) is 24.6 Å². The van der Waals surface area contributed by atoms with E-state index in [2.05, 4.69) is 16.9 Å². The van der Waals surface area contributed by atoms with Gasteiger partial charge in [-0.1, -0.05) is 0 Å². The standard InChI is InChI=1S/C18H25N5O2S/c1-22-9-4-14(5-10-22)12-17-20-18(15-2-7-19-8-3-15)23(21-17)16-6-11-26(24,25)13-16/h2-3,7-8,14,16H,4-6,9-13H2,1H3/t16-/m0/s1. The second-order valence-electron chi connectivity index (χ2n) is 7.54. The van der Waals surface area contributed by atoms with E-state index in [0.717, 1.165) is 49.6 Å². The Balaban J connectivity index is 1.62. The third-order valence-electron chi connectivity index (χ3n) is 5.48. The van der Waals surface area contributed by atoms with Gasteiger partial charge in [0.1, 0.15) is 0 Å². The van der Waals surface area contributed by atoms with Gasteiger partial charge >= 0.3 is 0 Å². The molecule has 0 amide bonds. The summed E-state index contributed by atoms with van der Waals surface area (Å²) < 4.78 is 25.7. The summed E-state index contributed by atoms with van der Waals surface area (Å²) in [7, 11) is -0.815. The molecule has 2 aromatic rings. The van der Waals surface area contributed by atoms with Crippen LogP contribution in [0.3, 0.4) is 0 Å². The van der Waals surface area contributed by atoms with Crippen molar-refractivity contribution in [3.8, 4) is 11.4 Å². The molecule has 0 bridgehead atoms. The molecule has 8 heteroatoms. The van der Waals surface area contributed by atoms with Gasteiger partial charge in [0.25, 0.3) is 0 Å². The van der Waals surface area contributed by atoms with Crippen LogP contribution in [0.15, 0.2) is 24.5 Å². The molecule has 0 N–H and O–H groups in total. The summed E-state index contributed by atoms with van der Waals surface area (Å²) in [5.74, 6) is 2.58. The minimum absolute atomic E-state index is 0.123. The normalized spacial score (nSPS) is 24.1. The number of nitrogens with zero attached hydrogens (tertiary/aromatic N) is 5. The average Bonchev–Trinajstić information content (AvgIpc) is 3.21. The van der Waals surface area contributed by atoms with E-state index < -0.39 is 9.84 Å². The van der Waals surface area contributed by atoms with Crippen LogP contribution in [-0.2, 0) is 16.3 Å². The lowest BCUT2D eigenvalue weighted by Gasteiger charge is -2.28. The van der Waals surface area contributed by atoms with E-state index in [0.29, 0.717) is 12.3 Å². The molecule has 140 valence electrons. The summed E-state index contributed by atoms with van der Waals surface area (Å²) in [5, 5.41) is 4.75. The van der Waals surface area contributed by atoms with Gasteiger partial charge in [-0.3, -0.25) is 4.98 Å². The average molecular weight is 375 g/mol. The molecule has 0 spiro atoms. The van der Waals surface area contributed by atoms with Crippen molar-refractivity contribution in [3.63, 3.8) is 0 Å². The molecular formula is C18H25N5O2S. The lowest BCUT2D eigenvalue weighted by molar-refractivity contribution is 0.217. The second kappa shape index (κ2) is 7.08. The van der Waals surface area contributed by atoms with Gasteiger partial charge in [-0.15, -0.1) is 0 Å². The van der Waals surface area contributed by atoms with Gasteiger partial charge in [0, 0.05) is 24.4 Å². The Bertz CT molecular complexity index is 857. The Morgan fingerprint density at radius 2 is 1.88 bits per heavy atom.